The van der Waals surface area contributed by atoms with Gasteiger partial charge < -0.3 is 0 Å². The van der Waals surface area contributed by atoms with Crippen molar-refractivity contribution in [3.63, 3.8) is 0 Å². The van der Waals surface area contributed by atoms with Crippen molar-refractivity contribution in [2.45, 2.75) is 38.0 Å². The zero-order valence-electron chi connectivity index (χ0n) is 16.6. The number of hydrogen-bond donors (Lipinski definition) is 2. The Morgan fingerprint density at radius 1 is 1.00 bits per heavy atom. The van der Waals surface area contributed by atoms with Crippen LogP contribution in [-0.2, 0) is 15.4 Å². The average Bonchev–Trinajstić information content (AvgIpc) is 2.53. The molecule has 0 fully saturated rings. The Balaban J connectivity index is 2.28. The molecule has 0 bridgehead atoms. The van der Waals surface area contributed by atoms with Crippen molar-refractivity contribution < 1.29 is 13.2 Å². The molecule has 1 amide bonds. The molecule has 0 spiro atoms. The van der Waals surface area contributed by atoms with E-state index in [9.17, 15) is 13.2 Å². The van der Waals surface area contributed by atoms with Gasteiger partial charge in [0.1, 0.15) is 0 Å². The summed E-state index contributed by atoms with van der Waals surface area (Å²) in [5.41, 5.74) is 4.95. The summed E-state index contributed by atoms with van der Waals surface area (Å²) in [6.07, 6.45) is 0. The summed E-state index contributed by atoms with van der Waals surface area (Å²) >= 11 is 0. The number of benzene rings is 2. The average molecular weight is 390 g/mol. The van der Waals surface area contributed by atoms with E-state index in [0.717, 1.165) is 5.56 Å². The fourth-order valence-electron chi connectivity index (χ4n) is 2.52. The van der Waals surface area contributed by atoms with E-state index in [4.69, 9.17) is 0 Å². The molecule has 2 rings (SSSR count). The van der Waals surface area contributed by atoms with Gasteiger partial charge in [0.15, 0.2) is 0 Å². The van der Waals surface area contributed by atoms with Gasteiger partial charge >= 0.3 is 0 Å². The highest BCUT2D eigenvalue weighted by molar-refractivity contribution is 7.92. The first kappa shape index (κ1) is 20.9. The summed E-state index contributed by atoms with van der Waals surface area (Å²) in [7, 11) is -0.304. The van der Waals surface area contributed by atoms with Crippen LogP contribution >= 0.6 is 0 Å². The second-order valence-electron chi connectivity index (χ2n) is 7.75. The Labute approximate surface area is 161 Å². The minimum Gasteiger partial charge on any atom is -0.285 e. The molecule has 0 atom stereocenters. The van der Waals surface area contributed by atoms with Gasteiger partial charge in [0, 0.05) is 25.3 Å². The molecule has 2 aromatic carbocycles. The number of aryl methyl sites for hydroxylation is 1. The number of nitrogens with zero attached hydrogens (tertiary/aromatic N) is 1. The van der Waals surface area contributed by atoms with E-state index in [0.29, 0.717) is 16.8 Å². The zero-order valence-corrected chi connectivity index (χ0v) is 17.4. The first-order valence-electron chi connectivity index (χ1n) is 8.62. The van der Waals surface area contributed by atoms with Crippen molar-refractivity contribution in [2.24, 2.45) is 0 Å². The lowest BCUT2D eigenvalue weighted by molar-refractivity contribution is 0.0857. The minimum absolute atomic E-state index is 0.153. The summed E-state index contributed by atoms with van der Waals surface area (Å²) in [4.78, 5) is 12.2. The van der Waals surface area contributed by atoms with Crippen molar-refractivity contribution in [3.05, 3.63) is 59.2 Å². The van der Waals surface area contributed by atoms with Gasteiger partial charge in [-0.2, -0.15) is 0 Å². The topological polar surface area (TPSA) is 78.5 Å². The normalized spacial score (nSPS) is 12.1. The maximum atomic E-state index is 12.9. The first-order valence-corrected chi connectivity index (χ1v) is 10.1. The Morgan fingerprint density at radius 2 is 1.59 bits per heavy atom. The number of carbonyl (C=O) groups is 1. The number of sulfonamides is 1. The minimum atomic E-state index is -3.74. The van der Waals surface area contributed by atoms with Gasteiger partial charge in [-0.15, -0.1) is 0 Å². The molecule has 0 aromatic heterocycles. The molecule has 7 heteroatoms. The van der Waals surface area contributed by atoms with Gasteiger partial charge in [-0.1, -0.05) is 32.9 Å². The van der Waals surface area contributed by atoms with Crippen LogP contribution < -0.4 is 10.1 Å². The number of carbonyl (C=O) groups excluding carboxylic acids is 1. The summed E-state index contributed by atoms with van der Waals surface area (Å²) in [6.45, 7) is 7.90. The lowest BCUT2D eigenvalue weighted by atomic mass is 9.87. The van der Waals surface area contributed by atoms with Crippen molar-refractivity contribution in [1.82, 2.24) is 10.4 Å². The van der Waals surface area contributed by atoms with Crippen LogP contribution in [0.5, 0.6) is 0 Å². The number of hydrazine groups is 1. The van der Waals surface area contributed by atoms with Gasteiger partial charge in [-0.25, -0.2) is 13.4 Å². The maximum absolute atomic E-state index is 12.9. The third-order valence-corrected chi connectivity index (χ3v) is 5.59. The lowest BCUT2D eigenvalue weighted by Crippen LogP contribution is -2.36. The second kappa shape index (κ2) is 7.70. The third-order valence-electron chi connectivity index (χ3n) is 4.07. The predicted octanol–water partition coefficient (Wildman–Crippen LogP) is 3.30. The summed E-state index contributed by atoms with van der Waals surface area (Å²) in [5, 5.41) is 1.55. The molecule has 146 valence electrons. The van der Waals surface area contributed by atoms with Crippen LogP contribution in [0.2, 0.25) is 0 Å². The van der Waals surface area contributed by atoms with E-state index in [1.54, 1.807) is 56.4 Å². The monoisotopic (exact) mass is 389 g/mol. The van der Waals surface area contributed by atoms with Crippen molar-refractivity contribution in [2.75, 3.05) is 18.8 Å². The molecule has 6 nitrogen and oxygen atoms in total. The molecule has 0 heterocycles. The van der Waals surface area contributed by atoms with E-state index < -0.39 is 10.0 Å². The maximum Gasteiger partial charge on any atom is 0.265 e. The molecular formula is C20H27N3O3S. The predicted molar refractivity (Wildman–Crippen MR) is 108 cm³/mol. The molecule has 0 aliphatic rings. The molecular weight excluding hydrogens is 362 g/mol. The highest BCUT2D eigenvalue weighted by Gasteiger charge is 2.21. The number of rotatable bonds is 5. The zero-order chi connectivity index (χ0) is 20.4. The van der Waals surface area contributed by atoms with Crippen LogP contribution in [0.4, 0.5) is 5.69 Å². The highest BCUT2D eigenvalue weighted by Crippen LogP contribution is 2.27. The smallest absolute Gasteiger partial charge is 0.265 e. The van der Waals surface area contributed by atoms with E-state index in [1.807, 2.05) is 32.9 Å². The quantitative estimate of drug-likeness (QED) is 0.769. The van der Waals surface area contributed by atoms with Gasteiger partial charge in [0.25, 0.3) is 15.9 Å². The Hall–Kier alpha value is -2.38. The van der Waals surface area contributed by atoms with Crippen molar-refractivity contribution >= 4 is 21.6 Å². The third kappa shape index (κ3) is 5.30. The van der Waals surface area contributed by atoms with Crippen LogP contribution in [0.25, 0.3) is 0 Å². The Kier molecular flexibility index (Phi) is 5.97. The van der Waals surface area contributed by atoms with E-state index >= 15 is 0 Å². The number of anilines is 1. The molecule has 0 saturated carbocycles. The largest absolute Gasteiger partial charge is 0.285 e. The molecule has 2 aromatic rings. The second-order valence-corrected chi connectivity index (χ2v) is 9.40. The summed E-state index contributed by atoms with van der Waals surface area (Å²) in [6, 6.07) is 11.8. The van der Waals surface area contributed by atoms with Crippen LogP contribution in [0.3, 0.4) is 0 Å². The van der Waals surface area contributed by atoms with Crippen molar-refractivity contribution in [3.8, 4) is 0 Å². The molecule has 0 unspecified atom stereocenters. The van der Waals surface area contributed by atoms with Crippen LogP contribution in [0.15, 0.2) is 47.4 Å². The number of nitrogens with one attached hydrogen (secondary N) is 2. The van der Waals surface area contributed by atoms with Crippen LogP contribution in [-0.4, -0.2) is 33.4 Å². The summed E-state index contributed by atoms with van der Waals surface area (Å²) < 4.78 is 28.3. The van der Waals surface area contributed by atoms with E-state index in [2.05, 4.69) is 10.1 Å². The van der Waals surface area contributed by atoms with Crippen molar-refractivity contribution in [1.29, 1.82) is 0 Å². The van der Waals surface area contributed by atoms with Gasteiger partial charge in [-0.05, 0) is 53.8 Å². The number of amides is 1. The van der Waals surface area contributed by atoms with Gasteiger partial charge in [-0.3, -0.25) is 14.9 Å². The highest BCUT2D eigenvalue weighted by atomic mass is 32.2. The molecule has 0 aliphatic carbocycles. The molecule has 2 N–H and O–H groups in total. The molecule has 0 aliphatic heterocycles. The first-order chi connectivity index (χ1) is 12.4. The van der Waals surface area contributed by atoms with Crippen LogP contribution in [0.1, 0.15) is 42.3 Å². The number of hydrogen-bond acceptors (Lipinski definition) is 4. The Bertz CT molecular complexity index is 928. The van der Waals surface area contributed by atoms with Gasteiger partial charge in [0.2, 0.25) is 0 Å². The standard InChI is InChI=1S/C20H27N3O3S/c1-14-7-10-16(20(2,3)4)13-18(14)27(25,26)22-17-11-8-15(9-12-17)19(24)21-23(5)6/h7-13,22H,1-6H3,(H,21,24). The fraction of sp³-hybridized carbons (Fsp3) is 0.350. The molecule has 0 radical (unpaired) electrons. The van der Waals surface area contributed by atoms with Gasteiger partial charge in [0.05, 0.1) is 4.90 Å². The lowest BCUT2D eigenvalue weighted by Gasteiger charge is -2.21. The molecule has 0 saturated heterocycles. The van der Waals surface area contributed by atoms with Crippen LogP contribution in [0, 0.1) is 6.92 Å². The SMILES string of the molecule is Cc1ccc(C(C)(C)C)cc1S(=O)(=O)Nc1ccc(C(=O)NN(C)C)cc1. The van der Waals surface area contributed by atoms with E-state index in [-0.39, 0.29) is 16.2 Å². The fourth-order valence-corrected chi connectivity index (χ4v) is 3.85. The van der Waals surface area contributed by atoms with E-state index in [1.165, 1.54) is 0 Å². The Morgan fingerprint density at radius 3 is 2.11 bits per heavy atom. The summed E-state index contributed by atoms with van der Waals surface area (Å²) in [5.74, 6) is -0.261. The molecule has 27 heavy (non-hydrogen) atoms.